The van der Waals surface area contributed by atoms with Crippen LogP contribution in [0.2, 0.25) is 0 Å². The second-order valence-electron chi connectivity index (χ2n) is 5.24. The van der Waals surface area contributed by atoms with Crippen molar-refractivity contribution < 1.29 is 0 Å². The Morgan fingerprint density at radius 3 is 2.70 bits per heavy atom. The number of anilines is 2. The zero-order chi connectivity index (χ0) is 14.6. The Morgan fingerprint density at radius 2 is 2.10 bits per heavy atom. The molecule has 1 aliphatic rings. The van der Waals surface area contributed by atoms with Gasteiger partial charge in [-0.05, 0) is 31.4 Å². The normalized spacial score (nSPS) is 25.8. The summed E-state index contributed by atoms with van der Waals surface area (Å²) in [5.74, 6) is 1.54. The SMILES string of the molecule is CNc1nc(NC2(C#N)CCCC(C)C2)nc(SC)n1. The number of nitrogens with one attached hydrogen (secondary N) is 2. The van der Waals surface area contributed by atoms with Crippen LogP contribution in [0.15, 0.2) is 5.16 Å². The lowest BCUT2D eigenvalue weighted by Gasteiger charge is -2.34. The quantitative estimate of drug-likeness (QED) is 0.824. The third-order valence-corrected chi connectivity index (χ3v) is 4.13. The van der Waals surface area contributed by atoms with Crippen LogP contribution in [0, 0.1) is 17.2 Å². The van der Waals surface area contributed by atoms with E-state index in [1.165, 1.54) is 18.2 Å². The van der Waals surface area contributed by atoms with E-state index in [1.807, 2.05) is 6.26 Å². The molecular weight excluding hydrogens is 272 g/mol. The van der Waals surface area contributed by atoms with Gasteiger partial charge >= 0.3 is 0 Å². The first kappa shape index (κ1) is 14.9. The van der Waals surface area contributed by atoms with Crippen LogP contribution < -0.4 is 10.6 Å². The van der Waals surface area contributed by atoms with Crippen LogP contribution in [-0.4, -0.2) is 33.8 Å². The van der Waals surface area contributed by atoms with Gasteiger partial charge in [0.25, 0.3) is 0 Å². The van der Waals surface area contributed by atoms with Crippen molar-refractivity contribution >= 4 is 23.7 Å². The molecule has 1 heterocycles. The maximum absolute atomic E-state index is 9.57. The molecule has 1 aliphatic carbocycles. The predicted molar refractivity (Wildman–Crippen MR) is 80.8 cm³/mol. The lowest BCUT2D eigenvalue weighted by Crippen LogP contribution is -2.41. The minimum Gasteiger partial charge on any atom is -0.357 e. The van der Waals surface area contributed by atoms with Crippen molar-refractivity contribution in [2.24, 2.45) is 5.92 Å². The van der Waals surface area contributed by atoms with Gasteiger partial charge in [0.1, 0.15) is 5.54 Å². The Kier molecular flexibility index (Phi) is 4.65. The van der Waals surface area contributed by atoms with Crippen LogP contribution in [0.25, 0.3) is 0 Å². The van der Waals surface area contributed by atoms with Crippen molar-refractivity contribution in [3.8, 4) is 6.07 Å². The molecule has 0 spiro atoms. The fourth-order valence-corrected chi connectivity index (χ4v) is 2.98. The summed E-state index contributed by atoms with van der Waals surface area (Å²) in [6.07, 6.45) is 5.82. The van der Waals surface area contributed by atoms with Crippen LogP contribution in [-0.2, 0) is 0 Å². The van der Waals surface area contributed by atoms with Gasteiger partial charge in [-0.3, -0.25) is 0 Å². The Balaban J connectivity index is 2.25. The van der Waals surface area contributed by atoms with Gasteiger partial charge < -0.3 is 10.6 Å². The average Bonchev–Trinajstić information content (AvgIpc) is 2.46. The highest BCUT2D eigenvalue weighted by Crippen LogP contribution is 2.34. The molecule has 0 radical (unpaired) electrons. The maximum Gasteiger partial charge on any atom is 0.229 e. The van der Waals surface area contributed by atoms with Crippen molar-refractivity contribution in [1.29, 1.82) is 5.26 Å². The summed E-state index contributed by atoms with van der Waals surface area (Å²) in [6, 6.07) is 2.43. The summed E-state index contributed by atoms with van der Waals surface area (Å²) in [5, 5.41) is 16.4. The second kappa shape index (κ2) is 6.27. The number of rotatable bonds is 4. The zero-order valence-corrected chi connectivity index (χ0v) is 12.9. The molecule has 2 rings (SSSR count). The van der Waals surface area contributed by atoms with Crippen molar-refractivity contribution in [1.82, 2.24) is 15.0 Å². The fraction of sp³-hybridized carbons (Fsp3) is 0.692. The van der Waals surface area contributed by atoms with E-state index in [4.69, 9.17) is 0 Å². The monoisotopic (exact) mass is 292 g/mol. The van der Waals surface area contributed by atoms with Crippen molar-refractivity contribution in [2.45, 2.75) is 43.3 Å². The second-order valence-corrected chi connectivity index (χ2v) is 6.01. The molecule has 108 valence electrons. The van der Waals surface area contributed by atoms with Crippen LogP contribution >= 0.6 is 11.8 Å². The number of hydrogen-bond donors (Lipinski definition) is 2. The molecule has 2 unspecified atom stereocenters. The van der Waals surface area contributed by atoms with Crippen molar-refractivity contribution in [3.63, 3.8) is 0 Å². The van der Waals surface area contributed by atoms with Gasteiger partial charge in [0, 0.05) is 7.05 Å². The van der Waals surface area contributed by atoms with Crippen LogP contribution in [0.1, 0.15) is 32.6 Å². The number of nitriles is 1. The van der Waals surface area contributed by atoms with Gasteiger partial charge in [-0.25, -0.2) is 0 Å². The first-order valence-corrected chi connectivity index (χ1v) is 8.00. The van der Waals surface area contributed by atoms with Gasteiger partial charge in [-0.15, -0.1) is 0 Å². The molecule has 1 aromatic rings. The van der Waals surface area contributed by atoms with Gasteiger partial charge in [-0.1, -0.05) is 25.1 Å². The summed E-state index contributed by atoms with van der Waals surface area (Å²) >= 11 is 1.46. The first-order valence-electron chi connectivity index (χ1n) is 6.78. The third-order valence-electron chi connectivity index (χ3n) is 3.58. The highest BCUT2D eigenvalue weighted by atomic mass is 32.2. The zero-order valence-electron chi connectivity index (χ0n) is 12.1. The standard InChI is InChI=1S/C13H20N6S/c1-9-5-4-6-13(7-9,8-14)19-11-16-10(15-2)17-12(18-11)20-3/h9H,4-7H2,1-3H3,(H2,15,16,17,18,19). The Hall–Kier alpha value is -1.55. The van der Waals surface area contributed by atoms with Gasteiger partial charge in [0.05, 0.1) is 6.07 Å². The smallest absolute Gasteiger partial charge is 0.229 e. The largest absolute Gasteiger partial charge is 0.357 e. The summed E-state index contributed by atoms with van der Waals surface area (Å²) < 4.78 is 0. The molecule has 1 aromatic heterocycles. The van der Waals surface area contributed by atoms with Crippen LogP contribution in [0.3, 0.4) is 0 Å². The molecular formula is C13H20N6S. The molecule has 0 aliphatic heterocycles. The molecule has 20 heavy (non-hydrogen) atoms. The fourth-order valence-electron chi connectivity index (χ4n) is 2.62. The highest BCUT2D eigenvalue weighted by molar-refractivity contribution is 7.98. The average molecular weight is 292 g/mol. The summed E-state index contributed by atoms with van der Waals surface area (Å²) in [6.45, 7) is 2.19. The van der Waals surface area contributed by atoms with E-state index >= 15 is 0 Å². The van der Waals surface area contributed by atoms with E-state index < -0.39 is 5.54 Å². The third kappa shape index (κ3) is 3.31. The summed E-state index contributed by atoms with van der Waals surface area (Å²) in [5.41, 5.74) is -0.556. The molecule has 0 aromatic carbocycles. The molecule has 0 amide bonds. The number of thioether (sulfide) groups is 1. The minimum atomic E-state index is -0.556. The maximum atomic E-state index is 9.57. The molecule has 7 heteroatoms. The minimum absolute atomic E-state index is 0.476. The Labute approximate surface area is 123 Å². The molecule has 6 nitrogen and oxygen atoms in total. The molecule has 0 bridgehead atoms. The topological polar surface area (TPSA) is 86.5 Å². The Bertz CT molecular complexity index is 492. The van der Waals surface area contributed by atoms with Gasteiger partial charge in [-0.2, -0.15) is 20.2 Å². The number of aromatic nitrogens is 3. The van der Waals surface area contributed by atoms with E-state index in [9.17, 15) is 5.26 Å². The van der Waals surface area contributed by atoms with E-state index in [2.05, 4.69) is 38.6 Å². The Morgan fingerprint density at radius 1 is 1.35 bits per heavy atom. The summed E-state index contributed by atoms with van der Waals surface area (Å²) in [4.78, 5) is 12.9. The van der Waals surface area contributed by atoms with Crippen LogP contribution in [0.5, 0.6) is 0 Å². The molecule has 1 fully saturated rings. The molecule has 2 N–H and O–H groups in total. The first-order chi connectivity index (χ1) is 9.60. The molecule has 0 saturated heterocycles. The highest BCUT2D eigenvalue weighted by Gasteiger charge is 2.35. The van der Waals surface area contributed by atoms with Crippen LogP contribution in [0.4, 0.5) is 11.9 Å². The van der Waals surface area contributed by atoms with Crippen molar-refractivity contribution in [3.05, 3.63) is 0 Å². The molecule has 1 saturated carbocycles. The lowest BCUT2D eigenvalue weighted by molar-refractivity contribution is 0.307. The predicted octanol–water partition coefficient (Wildman–Crippen LogP) is 2.52. The molecule has 2 atom stereocenters. The van der Waals surface area contributed by atoms with E-state index in [1.54, 1.807) is 7.05 Å². The van der Waals surface area contributed by atoms with E-state index in [0.29, 0.717) is 23.0 Å². The summed E-state index contributed by atoms with van der Waals surface area (Å²) in [7, 11) is 1.77. The number of nitrogens with zero attached hydrogens (tertiary/aromatic N) is 4. The van der Waals surface area contributed by atoms with Gasteiger partial charge in [0.15, 0.2) is 5.16 Å². The lowest BCUT2D eigenvalue weighted by atomic mass is 9.77. The number of hydrogen-bond acceptors (Lipinski definition) is 7. The van der Waals surface area contributed by atoms with Gasteiger partial charge in [0.2, 0.25) is 11.9 Å². The van der Waals surface area contributed by atoms with E-state index in [0.717, 1.165) is 19.3 Å². The van der Waals surface area contributed by atoms with Crippen molar-refractivity contribution in [2.75, 3.05) is 23.9 Å². The van der Waals surface area contributed by atoms with E-state index in [-0.39, 0.29) is 0 Å².